The molecular weight excluding hydrogens is 242 g/mol. The largest absolute Gasteiger partial charge is 0.466 e. The maximum atomic E-state index is 12.1. The van der Waals surface area contributed by atoms with E-state index in [-0.39, 0.29) is 18.3 Å². The molecule has 1 saturated heterocycles. The van der Waals surface area contributed by atoms with E-state index in [4.69, 9.17) is 4.74 Å². The minimum Gasteiger partial charge on any atom is -0.466 e. The molecule has 0 N–H and O–H groups in total. The molecule has 1 aliphatic carbocycles. The van der Waals surface area contributed by atoms with E-state index in [2.05, 4.69) is 0 Å². The quantitative estimate of drug-likeness (QED) is 0.735. The van der Waals surface area contributed by atoms with Gasteiger partial charge in [0, 0.05) is 19.5 Å². The molecule has 0 aromatic heterocycles. The third kappa shape index (κ3) is 3.95. The Hall–Kier alpha value is -1.06. The van der Waals surface area contributed by atoms with Gasteiger partial charge in [0.25, 0.3) is 0 Å². The lowest BCUT2D eigenvalue weighted by atomic mass is 9.75. The van der Waals surface area contributed by atoms with Gasteiger partial charge >= 0.3 is 5.97 Å². The molecule has 1 saturated carbocycles. The molecule has 2 atom stereocenters. The minimum atomic E-state index is -0.261. The van der Waals surface area contributed by atoms with Gasteiger partial charge in [0.05, 0.1) is 13.0 Å². The van der Waals surface area contributed by atoms with Gasteiger partial charge in [-0.1, -0.05) is 19.3 Å². The predicted octanol–water partition coefficient (Wildman–Crippen LogP) is 2.37. The highest BCUT2D eigenvalue weighted by molar-refractivity contribution is 5.81. The fourth-order valence-corrected chi connectivity index (χ4v) is 3.43. The molecular formula is C15H25NO3. The first-order chi connectivity index (χ1) is 9.20. The van der Waals surface area contributed by atoms with Crippen molar-refractivity contribution in [2.75, 3.05) is 19.7 Å². The summed E-state index contributed by atoms with van der Waals surface area (Å²) < 4.78 is 4.86. The van der Waals surface area contributed by atoms with Crippen LogP contribution in [0, 0.1) is 11.8 Å². The van der Waals surface area contributed by atoms with E-state index in [1.54, 1.807) is 6.92 Å². The summed E-state index contributed by atoms with van der Waals surface area (Å²) in [4.78, 5) is 25.3. The van der Waals surface area contributed by atoms with E-state index in [9.17, 15) is 9.59 Å². The van der Waals surface area contributed by atoms with Crippen molar-refractivity contribution in [1.82, 2.24) is 4.90 Å². The van der Waals surface area contributed by atoms with Crippen LogP contribution < -0.4 is 0 Å². The highest BCUT2D eigenvalue weighted by atomic mass is 16.5. The lowest BCUT2D eigenvalue weighted by Gasteiger charge is -2.41. The second-order valence-corrected chi connectivity index (χ2v) is 5.74. The molecule has 1 amide bonds. The van der Waals surface area contributed by atoms with Crippen LogP contribution in [0.4, 0.5) is 0 Å². The number of hydrogen-bond donors (Lipinski definition) is 0. The summed E-state index contributed by atoms with van der Waals surface area (Å²) in [6.07, 6.45) is 6.95. The molecule has 2 aliphatic rings. The van der Waals surface area contributed by atoms with E-state index in [0.29, 0.717) is 18.9 Å². The first-order valence-corrected chi connectivity index (χ1v) is 7.64. The molecule has 0 unspecified atom stereocenters. The van der Waals surface area contributed by atoms with E-state index in [1.165, 1.54) is 25.7 Å². The van der Waals surface area contributed by atoms with E-state index in [1.807, 2.05) is 4.90 Å². The zero-order valence-electron chi connectivity index (χ0n) is 11.9. The third-order valence-electron chi connectivity index (χ3n) is 4.49. The lowest BCUT2D eigenvalue weighted by Crippen LogP contribution is -2.44. The van der Waals surface area contributed by atoms with Crippen molar-refractivity contribution in [3.8, 4) is 0 Å². The molecule has 4 heteroatoms. The number of rotatable bonds is 4. The van der Waals surface area contributed by atoms with E-state index < -0.39 is 0 Å². The zero-order valence-corrected chi connectivity index (χ0v) is 11.9. The monoisotopic (exact) mass is 267 g/mol. The number of carbonyl (C=O) groups is 2. The third-order valence-corrected chi connectivity index (χ3v) is 4.49. The summed E-state index contributed by atoms with van der Waals surface area (Å²) in [6.45, 7) is 3.96. The van der Waals surface area contributed by atoms with Gasteiger partial charge in [0.15, 0.2) is 0 Å². The number of fused-ring (bicyclic) bond motifs is 1. The summed E-state index contributed by atoms with van der Waals surface area (Å²) in [5, 5.41) is 0. The number of amides is 1. The van der Waals surface area contributed by atoms with E-state index >= 15 is 0 Å². The standard InChI is InChI=1S/C15H25NO3/c1-2-19-15(18)8-7-14(17)16-10-9-12-5-3-4-6-13(12)11-16/h12-13H,2-11H2,1H3/t12-,13+/m1/s1. The molecule has 0 radical (unpaired) electrons. The first-order valence-electron chi connectivity index (χ1n) is 7.64. The molecule has 2 rings (SSSR count). The number of piperidine rings is 1. The molecule has 0 spiro atoms. The fraction of sp³-hybridized carbons (Fsp3) is 0.867. The van der Waals surface area contributed by atoms with Gasteiger partial charge in [0.1, 0.15) is 0 Å². The number of likely N-dealkylation sites (tertiary alicyclic amines) is 1. The van der Waals surface area contributed by atoms with Crippen molar-refractivity contribution < 1.29 is 14.3 Å². The molecule has 0 aromatic carbocycles. The van der Waals surface area contributed by atoms with Crippen LogP contribution in [0.2, 0.25) is 0 Å². The van der Waals surface area contributed by atoms with Crippen LogP contribution in [0.15, 0.2) is 0 Å². The number of hydrogen-bond acceptors (Lipinski definition) is 3. The molecule has 0 aromatic rings. The van der Waals surface area contributed by atoms with Gasteiger partial charge in [-0.3, -0.25) is 9.59 Å². The lowest BCUT2D eigenvalue weighted by molar-refractivity contribution is -0.146. The Morgan fingerprint density at radius 2 is 1.84 bits per heavy atom. The molecule has 1 aliphatic heterocycles. The smallest absolute Gasteiger partial charge is 0.306 e. The summed E-state index contributed by atoms with van der Waals surface area (Å²) in [5.41, 5.74) is 0. The van der Waals surface area contributed by atoms with Crippen molar-refractivity contribution in [3.05, 3.63) is 0 Å². The van der Waals surface area contributed by atoms with Crippen LogP contribution in [0.5, 0.6) is 0 Å². The second kappa shape index (κ2) is 6.92. The Labute approximate surface area is 115 Å². The van der Waals surface area contributed by atoms with Gasteiger partial charge in [-0.25, -0.2) is 0 Å². The number of esters is 1. The Bertz CT molecular complexity index is 329. The molecule has 0 bridgehead atoms. The fourth-order valence-electron chi connectivity index (χ4n) is 3.43. The van der Waals surface area contributed by atoms with Crippen molar-refractivity contribution in [2.45, 2.75) is 51.9 Å². The maximum Gasteiger partial charge on any atom is 0.306 e. The van der Waals surface area contributed by atoms with Crippen LogP contribution >= 0.6 is 0 Å². The van der Waals surface area contributed by atoms with Gasteiger partial charge in [0.2, 0.25) is 5.91 Å². The highest BCUT2D eigenvalue weighted by Gasteiger charge is 2.32. The summed E-state index contributed by atoms with van der Waals surface area (Å²) >= 11 is 0. The Morgan fingerprint density at radius 1 is 1.11 bits per heavy atom. The Balaban J connectivity index is 1.75. The van der Waals surface area contributed by atoms with E-state index in [0.717, 1.165) is 25.4 Å². The van der Waals surface area contributed by atoms with Crippen LogP contribution in [0.25, 0.3) is 0 Å². The highest BCUT2D eigenvalue weighted by Crippen LogP contribution is 2.36. The first kappa shape index (κ1) is 14.4. The molecule has 19 heavy (non-hydrogen) atoms. The molecule has 108 valence electrons. The summed E-state index contributed by atoms with van der Waals surface area (Å²) in [7, 11) is 0. The maximum absolute atomic E-state index is 12.1. The normalized spacial score (nSPS) is 26.7. The molecule has 4 nitrogen and oxygen atoms in total. The topological polar surface area (TPSA) is 46.6 Å². The van der Waals surface area contributed by atoms with Gasteiger partial charge in [-0.15, -0.1) is 0 Å². The number of ether oxygens (including phenoxy) is 1. The van der Waals surface area contributed by atoms with Crippen molar-refractivity contribution in [2.24, 2.45) is 11.8 Å². The van der Waals surface area contributed by atoms with Crippen LogP contribution in [-0.4, -0.2) is 36.5 Å². The SMILES string of the molecule is CCOC(=O)CCC(=O)N1CC[C@H]2CCCC[C@H]2C1. The number of nitrogens with zero attached hydrogens (tertiary/aromatic N) is 1. The van der Waals surface area contributed by atoms with Gasteiger partial charge in [-0.2, -0.15) is 0 Å². The van der Waals surface area contributed by atoms with Crippen LogP contribution in [0.1, 0.15) is 51.9 Å². The van der Waals surface area contributed by atoms with Crippen LogP contribution in [-0.2, 0) is 14.3 Å². The predicted molar refractivity (Wildman–Crippen MR) is 72.5 cm³/mol. The Kier molecular flexibility index (Phi) is 5.23. The van der Waals surface area contributed by atoms with Crippen LogP contribution in [0.3, 0.4) is 0 Å². The van der Waals surface area contributed by atoms with Crippen molar-refractivity contribution in [1.29, 1.82) is 0 Å². The average molecular weight is 267 g/mol. The van der Waals surface area contributed by atoms with Crippen molar-refractivity contribution in [3.63, 3.8) is 0 Å². The van der Waals surface area contributed by atoms with Gasteiger partial charge < -0.3 is 9.64 Å². The Morgan fingerprint density at radius 3 is 2.58 bits per heavy atom. The zero-order chi connectivity index (χ0) is 13.7. The van der Waals surface area contributed by atoms with Gasteiger partial charge in [-0.05, 0) is 31.6 Å². The number of carbonyl (C=O) groups excluding carboxylic acids is 2. The molecule has 2 fully saturated rings. The minimum absolute atomic E-state index is 0.122. The average Bonchev–Trinajstić information content (AvgIpc) is 2.44. The van der Waals surface area contributed by atoms with Crippen molar-refractivity contribution >= 4 is 11.9 Å². The summed E-state index contributed by atoms with van der Waals surface area (Å²) in [5.74, 6) is 1.40. The summed E-state index contributed by atoms with van der Waals surface area (Å²) in [6, 6.07) is 0. The second-order valence-electron chi connectivity index (χ2n) is 5.74. The molecule has 1 heterocycles.